The van der Waals surface area contributed by atoms with Crippen molar-refractivity contribution in [3.8, 4) is 0 Å². The first-order chi connectivity index (χ1) is 14.0. The first-order valence-electron chi connectivity index (χ1n) is 10.3. The Morgan fingerprint density at radius 3 is 2.38 bits per heavy atom. The molecule has 154 valence electrons. The summed E-state index contributed by atoms with van der Waals surface area (Å²) in [5, 5.41) is 3.19. The summed E-state index contributed by atoms with van der Waals surface area (Å²) < 4.78 is 27.5. The second kappa shape index (κ2) is 8.59. The van der Waals surface area contributed by atoms with Gasteiger partial charge in [-0.2, -0.15) is 0 Å². The van der Waals surface area contributed by atoms with Crippen LogP contribution in [0.3, 0.4) is 0 Å². The van der Waals surface area contributed by atoms with Crippen LogP contribution in [0.1, 0.15) is 53.1 Å². The number of nitrogens with two attached hydrogens (primary N) is 1. The summed E-state index contributed by atoms with van der Waals surface area (Å²) in [7, 11) is 0. The van der Waals surface area contributed by atoms with E-state index in [-0.39, 0.29) is 18.0 Å². The molecule has 1 amide bonds. The van der Waals surface area contributed by atoms with E-state index >= 15 is 0 Å². The zero-order valence-electron chi connectivity index (χ0n) is 16.4. The number of amides is 1. The van der Waals surface area contributed by atoms with Gasteiger partial charge in [-0.3, -0.25) is 9.69 Å². The summed E-state index contributed by atoms with van der Waals surface area (Å²) in [4.78, 5) is 14.0. The average Bonchev–Trinajstić information content (AvgIpc) is 2.94. The number of carbonyl (C=O) groups excluding carboxylic acids is 1. The van der Waals surface area contributed by atoms with Crippen molar-refractivity contribution in [3.05, 3.63) is 70.8 Å². The minimum atomic E-state index is -0.503. The van der Waals surface area contributed by atoms with Crippen LogP contribution in [0.15, 0.2) is 42.5 Å². The van der Waals surface area contributed by atoms with Crippen LogP contribution in [0, 0.1) is 11.6 Å². The zero-order chi connectivity index (χ0) is 20.4. The summed E-state index contributed by atoms with van der Waals surface area (Å²) in [5.41, 5.74) is 7.30. The highest BCUT2D eigenvalue weighted by atomic mass is 19.1. The SMILES string of the molecule is NC(=O)c1cccc(C2C[C@H]3CC[C@@H](C2)N3CCNCc2c(F)cccc2F)c1. The molecule has 0 saturated carbocycles. The summed E-state index contributed by atoms with van der Waals surface area (Å²) >= 11 is 0. The number of halogens is 2. The van der Waals surface area contributed by atoms with E-state index in [2.05, 4.69) is 16.3 Å². The smallest absolute Gasteiger partial charge is 0.248 e. The Labute approximate surface area is 170 Å². The third-order valence-electron chi connectivity index (χ3n) is 6.44. The Morgan fingerprint density at radius 1 is 1.07 bits per heavy atom. The second-order valence-corrected chi connectivity index (χ2v) is 8.16. The highest BCUT2D eigenvalue weighted by molar-refractivity contribution is 5.92. The van der Waals surface area contributed by atoms with E-state index in [0.717, 1.165) is 19.4 Å². The maximum absolute atomic E-state index is 13.7. The Morgan fingerprint density at radius 2 is 1.72 bits per heavy atom. The lowest BCUT2D eigenvalue weighted by atomic mass is 9.84. The number of fused-ring (bicyclic) bond motifs is 2. The molecule has 2 saturated heterocycles. The fourth-order valence-corrected chi connectivity index (χ4v) is 4.98. The Hall–Kier alpha value is -2.31. The maximum atomic E-state index is 13.7. The van der Waals surface area contributed by atoms with E-state index in [1.54, 1.807) is 6.07 Å². The van der Waals surface area contributed by atoms with E-state index in [9.17, 15) is 13.6 Å². The van der Waals surface area contributed by atoms with Crippen molar-refractivity contribution in [2.24, 2.45) is 5.73 Å². The number of piperidine rings is 1. The van der Waals surface area contributed by atoms with Crippen molar-refractivity contribution >= 4 is 5.91 Å². The van der Waals surface area contributed by atoms with Gasteiger partial charge in [0, 0.05) is 42.8 Å². The first kappa shape index (κ1) is 20.0. The highest BCUT2D eigenvalue weighted by Gasteiger charge is 2.40. The number of rotatable bonds is 7. The standard InChI is InChI=1S/C23H27F2N3O/c24-21-5-2-6-22(25)20(21)14-27-9-10-28-18-7-8-19(28)13-17(12-18)15-3-1-4-16(11-15)23(26)29/h1-6,11,17-19,27H,7-10,12-14H2,(H2,26,29)/t17?,18-,19+. The van der Waals surface area contributed by atoms with Crippen LogP contribution in [-0.4, -0.2) is 36.0 Å². The van der Waals surface area contributed by atoms with E-state index in [1.165, 1.54) is 36.6 Å². The van der Waals surface area contributed by atoms with E-state index < -0.39 is 11.6 Å². The molecule has 0 spiro atoms. The third-order valence-corrected chi connectivity index (χ3v) is 6.44. The lowest BCUT2D eigenvalue weighted by Crippen LogP contribution is -2.45. The third kappa shape index (κ3) is 4.33. The van der Waals surface area contributed by atoms with Crippen molar-refractivity contribution in [2.75, 3.05) is 13.1 Å². The number of hydrogen-bond acceptors (Lipinski definition) is 3. The topological polar surface area (TPSA) is 58.4 Å². The molecule has 2 heterocycles. The number of carbonyl (C=O) groups is 1. The molecule has 29 heavy (non-hydrogen) atoms. The second-order valence-electron chi connectivity index (χ2n) is 8.16. The van der Waals surface area contributed by atoms with Gasteiger partial charge < -0.3 is 11.1 Å². The molecule has 4 rings (SSSR count). The summed E-state index contributed by atoms with van der Waals surface area (Å²) in [6, 6.07) is 12.7. The van der Waals surface area contributed by atoms with E-state index in [4.69, 9.17) is 5.73 Å². The molecule has 3 N–H and O–H groups in total. The summed E-state index contributed by atoms with van der Waals surface area (Å²) in [6.45, 7) is 1.77. The Balaban J connectivity index is 1.32. The lowest BCUT2D eigenvalue weighted by molar-refractivity contribution is 0.1000. The van der Waals surface area contributed by atoms with Crippen LogP contribution in [0.4, 0.5) is 8.78 Å². The molecule has 3 atom stereocenters. The monoisotopic (exact) mass is 399 g/mol. The van der Waals surface area contributed by atoms with Crippen molar-refractivity contribution in [2.45, 2.75) is 50.2 Å². The predicted octanol–water partition coefficient (Wildman–Crippen LogP) is 3.56. The molecule has 0 radical (unpaired) electrons. The van der Waals surface area contributed by atoms with Gasteiger partial charge >= 0.3 is 0 Å². The van der Waals surface area contributed by atoms with Crippen molar-refractivity contribution in [3.63, 3.8) is 0 Å². The molecule has 0 aliphatic carbocycles. The van der Waals surface area contributed by atoms with Gasteiger partial charge in [-0.15, -0.1) is 0 Å². The average molecular weight is 399 g/mol. The fraction of sp³-hybridized carbons (Fsp3) is 0.435. The molecule has 2 aromatic carbocycles. The molecule has 2 aromatic rings. The highest BCUT2D eigenvalue weighted by Crippen LogP contribution is 2.42. The van der Waals surface area contributed by atoms with Crippen LogP contribution in [0.2, 0.25) is 0 Å². The van der Waals surface area contributed by atoms with Gasteiger partial charge in [0.15, 0.2) is 0 Å². The molecule has 1 unspecified atom stereocenters. The molecule has 2 aliphatic rings. The quantitative estimate of drug-likeness (QED) is 0.700. The molecule has 4 nitrogen and oxygen atoms in total. The molecule has 0 aromatic heterocycles. The maximum Gasteiger partial charge on any atom is 0.248 e. The summed E-state index contributed by atoms with van der Waals surface area (Å²) in [6.07, 6.45) is 4.50. The van der Waals surface area contributed by atoms with Crippen LogP contribution >= 0.6 is 0 Å². The first-order valence-corrected chi connectivity index (χ1v) is 10.3. The van der Waals surface area contributed by atoms with Crippen LogP contribution in [0.5, 0.6) is 0 Å². The summed E-state index contributed by atoms with van der Waals surface area (Å²) in [5.74, 6) is -0.943. The lowest BCUT2D eigenvalue weighted by Gasteiger charge is -2.39. The molecule has 2 bridgehead atoms. The Bertz CT molecular complexity index is 854. The van der Waals surface area contributed by atoms with Gasteiger partial charge in [0.25, 0.3) is 0 Å². The van der Waals surface area contributed by atoms with Gasteiger partial charge in [-0.05, 0) is 61.4 Å². The molecule has 6 heteroatoms. The van der Waals surface area contributed by atoms with Crippen LogP contribution in [-0.2, 0) is 6.54 Å². The van der Waals surface area contributed by atoms with Gasteiger partial charge in [0.05, 0.1) is 0 Å². The van der Waals surface area contributed by atoms with Crippen molar-refractivity contribution in [1.29, 1.82) is 0 Å². The minimum Gasteiger partial charge on any atom is -0.366 e. The Kier molecular flexibility index (Phi) is 5.92. The number of hydrogen-bond donors (Lipinski definition) is 2. The van der Waals surface area contributed by atoms with Crippen molar-refractivity contribution in [1.82, 2.24) is 10.2 Å². The normalized spacial score (nSPS) is 24.0. The number of nitrogens with one attached hydrogen (secondary N) is 1. The molecule has 2 fully saturated rings. The van der Waals surface area contributed by atoms with Crippen LogP contribution < -0.4 is 11.1 Å². The number of benzene rings is 2. The van der Waals surface area contributed by atoms with Gasteiger partial charge in [-0.1, -0.05) is 18.2 Å². The van der Waals surface area contributed by atoms with Crippen molar-refractivity contribution < 1.29 is 13.6 Å². The fourth-order valence-electron chi connectivity index (χ4n) is 4.98. The predicted molar refractivity (Wildman–Crippen MR) is 109 cm³/mol. The van der Waals surface area contributed by atoms with Gasteiger partial charge in [-0.25, -0.2) is 8.78 Å². The number of primary amides is 1. The molecule has 2 aliphatic heterocycles. The largest absolute Gasteiger partial charge is 0.366 e. The molecular weight excluding hydrogens is 372 g/mol. The van der Waals surface area contributed by atoms with E-state index in [0.29, 0.717) is 30.1 Å². The van der Waals surface area contributed by atoms with E-state index in [1.807, 2.05) is 12.1 Å². The van der Waals surface area contributed by atoms with Gasteiger partial charge in [0.1, 0.15) is 11.6 Å². The van der Waals surface area contributed by atoms with Crippen LogP contribution in [0.25, 0.3) is 0 Å². The van der Waals surface area contributed by atoms with Gasteiger partial charge in [0.2, 0.25) is 5.91 Å². The zero-order valence-corrected chi connectivity index (χ0v) is 16.4. The minimum absolute atomic E-state index is 0.100. The molecular formula is C23H27F2N3O. The number of nitrogens with zero attached hydrogens (tertiary/aromatic N) is 1.